The predicted octanol–water partition coefficient (Wildman–Crippen LogP) is 4.14. The molecule has 0 saturated heterocycles. The molecule has 24 heavy (non-hydrogen) atoms. The Kier molecular flexibility index (Phi) is 6.10. The first-order valence-corrected chi connectivity index (χ1v) is 8.77. The lowest BCUT2D eigenvalue weighted by Crippen LogP contribution is -2.64. The van der Waals surface area contributed by atoms with Crippen molar-refractivity contribution in [3.05, 3.63) is 24.3 Å². The summed E-state index contributed by atoms with van der Waals surface area (Å²) in [5.74, 6) is 0.776. The fraction of sp³-hybridized carbons (Fsp3) is 0.632. The summed E-state index contributed by atoms with van der Waals surface area (Å²) in [6.45, 7) is 9.94. The molecule has 2 amide bonds. The first-order chi connectivity index (χ1) is 11.4. The van der Waals surface area contributed by atoms with Gasteiger partial charge in [0, 0.05) is 30.3 Å². The van der Waals surface area contributed by atoms with E-state index in [0.29, 0.717) is 6.61 Å². The second-order valence-electron chi connectivity index (χ2n) is 6.87. The third kappa shape index (κ3) is 3.83. The van der Waals surface area contributed by atoms with Crippen molar-refractivity contribution in [2.45, 2.75) is 52.7 Å². The van der Waals surface area contributed by atoms with Gasteiger partial charge < -0.3 is 19.7 Å². The zero-order valence-electron chi connectivity index (χ0n) is 15.5. The molecule has 2 rings (SSSR count). The summed E-state index contributed by atoms with van der Waals surface area (Å²) in [6, 6.07) is 7.56. The van der Waals surface area contributed by atoms with Crippen LogP contribution in [0.2, 0.25) is 0 Å². The van der Waals surface area contributed by atoms with Crippen LogP contribution < -0.4 is 10.1 Å². The van der Waals surface area contributed by atoms with Gasteiger partial charge in [-0.15, -0.1) is 0 Å². The van der Waals surface area contributed by atoms with E-state index in [-0.39, 0.29) is 23.6 Å². The third-order valence-corrected chi connectivity index (χ3v) is 4.94. The molecule has 2 unspecified atom stereocenters. The average molecular weight is 334 g/mol. The molecule has 1 aliphatic rings. The molecule has 0 radical (unpaired) electrons. The van der Waals surface area contributed by atoms with Crippen LogP contribution in [0.15, 0.2) is 24.3 Å². The normalized spacial score (nSPS) is 21.7. The summed E-state index contributed by atoms with van der Waals surface area (Å²) in [7, 11) is 1.63. The number of amides is 2. The number of nitrogens with zero attached hydrogens (tertiary/aromatic N) is 1. The number of anilines is 1. The van der Waals surface area contributed by atoms with Crippen molar-refractivity contribution in [1.29, 1.82) is 0 Å². The molecule has 0 bridgehead atoms. The van der Waals surface area contributed by atoms with Gasteiger partial charge in [-0.05, 0) is 44.0 Å². The van der Waals surface area contributed by atoms with Gasteiger partial charge in [-0.25, -0.2) is 4.79 Å². The number of rotatable bonds is 7. The Morgan fingerprint density at radius 3 is 2.46 bits per heavy atom. The zero-order valence-corrected chi connectivity index (χ0v) is 15.5. The number of hydrogen-bond acceptors (Lipinski definition) is 3. The Morgan fingerprint density at radius 1 is 1.29 bits per heavy atom. The highest BCUT2D eigenvalue weighted by molar-refractivity contribution is 5.89. The molecule has 1 N–H and O–H groups in total. The van der Waals surface area contributed by atoms with Crippen molar-refractivity contribution in [3.63, 3.8) is 0 Å². The summed E-state index contributed by atoms with van der Waals surface area (Å²) in [5.41, 5.74) is 0.753. The van der Waals surface area contributed by atoms with E-state index in [9.17, 15) is 4.79 Å². The lowest BCUT2D eigenvalue weighted by Gasteiger charge is -2.55. The molecule has 0 aliphatic heterocycles. The van der Waals surface area contributed by atoms with E-state index >= 15 is 0 Å². The molecule has 5 nitrogen and oxygen atoms in total. The minimum Gasteiger partial charge on any atom is -0.497 e. The summed E-state index contributed by atoms with van der Waals surface area (Å²) >= 11 is 0. The number of carbonyl (C=O) groups is 1. The SMILES string of the molecule is CCCN(C(=O)Nc1ccc(OC)cc1)C1CC(OCC)C1(C)C. The molecule has 0 aromatic heterocycles. The van der Waals surface area contributed by atoms with Crippen LogP contribution in [0.5, 0.6) is 5.75 Å². The van der Waals surface area contributed by atoms with Crippen LogP contribution in [0.4, 0.5) is 10.5 Å². The molecule has 0 spiro atoms. The number of hydrogen-bond donors (Lipinski definition) is 1. The maximum absolute atomic E-state index is 12.8. The highest BCUT2D eigenvalue weighted by atomic mass is 16.5. The average Bonchev–Trinajstić information content (AvgIpc) is 2.57. The number of methoxy groups -OCH3 is 1. The van der Waals surface area contributed by atoms with Gasteiger partial charge in [-0.3, -0.25) is 0 Å². The van der Waals surface area contributed by atoms with E-state index < -0.39 is 0 Å². The molecule has 134 valence electrons. The van der Waals surface area contributed by atoms with E-state index in [1.54, 1.807) is 7.11 Å². The maximum Gasteiger partial charge on any atom is 0.322 e. The van der Waals surface area contributed by atoms with Crippen molar-refractivity contribution in [1.82, 2.24) is 4.90 Å². The quantitative estimate of drug-likeness (QED) is 0.815. The standard InChI is InChI=1S/C19H30N2O3/c1-6-12-21(16-13-17(24-7-2)19(16,3)4)18(22)20-14-8-10-15(23-5)11-9-14/h8-11,16-17H,6-7,12-13H2,1-5H3,(H,20,22). The van der Waals surface area contributed by atoms with Crippen molar-refractivity contribution < 1.29 is 14.3 Å². The van der Waals surface area contributed by atoms with Crippen LogP contribution in [0.3, 0.4) is 0 Å². The van der Waals surface area contributed by atoms with Gasteiger partial charge in [0.2, 0.25) is 0 Å². The van der Waals surface area contributed by atoms with Crippen LogP contribution >= 0.6 is 0 Å². The minimum atomic E-state index is -0.0463. The number of ether oxygens (including phenoxy) is 2. The van der Waals surface area contributed by atoms with Gasteiger partial charge in [-0.1, -0.05) is 20.8 Å². The van der Waals surface area contributed by atoms with Crippen molar-refractivity contribution in [2.24, 2.45) is 5.41 Å². The Morgan fingerprint density at radius 2 is 1.96 bits per heavy atom. The zero-order chi connectivity index (χ0) is 17.7. The second-order valence-corrected chi connectivity index (χ2v) is 6.87. The third-order valence-electron chi connectivity index (χ3n) is 4.94. The molecule has 1 saturated carbocycles. The summed E-state index contributed by atoms with van der Waals surface area (Å²) in [5, 5.41) is 3.00. The summed E-state index contributed by atoms with van der Waals surface area (Å²) < 4.78 is 11.0. The van der Waals surface area contributed by atoms with Gasteiger partial charge in [0.15, 0.2) is 0 Å². The first-order valence-electron chi connectivity index (χ1n) is 8.77. The van der Waals surface area contributed by atoms with E-state index in [2.05, 4.69) is 26.1 Å². The smallest absolute Gasteiger partial charge is 0.322 e. The fourth-order valence-corrected chi connectivity index (χ4v) is 3.39. The van der Waals surface area contributed by atoms with E-state index in [4.69, 9.17) is 9.47 Å². The van der Waals surface area contributed by atoms with Crippen LogP contribution in [0, 0.1) is 5.41 Å². The van der Waals surface area contributed by atoms with E-state index in [1.807, 2.05) is 36.1 Å². The number of benzene rings is 1. The van der Waals surface area contributed by atoms with Gasteiger partial charge in [-0.2, -0.15) is 0 Å². The van der Waals surface area contributed by atoms with E-state index in [0.717, 1.165) is 30.8 Å². The minimum absolute atomic E-state index is 0.0254. The Labute approximate surface area is 145 Å². The Hall–Kier alpha value is -1.75. The molecule has 0 heterocycles. The molecule has 1 aromatic carbocycles. The molecule has 1 aliphatic carbocycles. The Bertz CT molecular complexity index is 542. The lowest BCUT2D eigenvalue weighted by atomic mass is 9.63. The first kappa shape index (κ1) is 18.6. The van der Waals surface area contributed by atoms with Gasteiger partial charge >= 0.3 is 6.03 Å². The Balaban J connectivity index is 2.05. The molecule has 1 aromatic rings. The monoisotopic (exact) mass is 334 g/mol. The van der Waals surface area contributed by atoms with Crippen LogP contribution in [-0.2, 0) is 4.74 Å². The molecular weight excluding hydrogens is 304 g/mol. The van der Waals surface area contributed by atoms with Crippen molar-refractivity contribution in [3.8, 4) is 5.75 Å². The fourth-order valence-electron chi connectivity index (χ4n) is 3.39. The highest BCUT2D eigenvalue weighted by Gasteiger charge is 2.52. The predicted molar refractivity (Wildman–Crippen MR) is 96.6 cm³/mol. The van der Waals surface area contributed by atoms with Crippen molar-refractivity contribution in [2.75, 3.05) is 25.6 Å². The summed E-state index contributed by atoms with van der Waals surface area (Å²) in [4.78, 5) is 14.7. The van der Waals surface area contributed by atoms with Gasteiger partial charge in [0.05, 0.1) is 13.2 Å². The molecule has 5 heteroatoms. The second kappa shape index (κ2) is 7.88. The van der Waals surface area contributed by atoms with Crippen molar-refractivity contribution >= 4 is 11.7 Å². The van der Waals surface area contributed by atoms with Crippen LogP contribution in [-0.4, -0.2) is 43.3 Å². The lowest BCUT2D eigenvalue weighted by molar-refractivity contribution is -0.138. The largest absolute Gasteiger partial charge is 0.497 e. The van der Waals surface area contributed by atoms with E-state index in [1.165, 1.54) is 0 Å². The molecule has 2 atom stereocenters. The van der Waals surface area contributed by atoms with Crippen LogP contribution in [0.1, 0.15) is 40.5 Å². The molecule has 1 fully saturated rings. The van der Waals surface area contributed by atoms with Crippen LogP contribution in [0.25, 0.3) is 0 Å². The van der Waals surface area contributed by atoms with Gasteiger partial charge in [0.25, 0.3) is 0 Å². The molecular formula is C19H30N2O3. The van der Waals surface area contributed by atoms with Gasteiger partial charge in [0.1, 0.15) is 5.75 Å². The highest BCUT2D eigenvalue weighted by Crippen LogP contribution is 2.46. The number of urea groups is 1. The number of carbonyl (C=O) groups excluding carboxylic acids is 1. The summed E-state index contributed by atoms with van der Waals surface area (Å²) in [6.07, 6.45) is 2.05. The topological polar surface area (TPSA) is 50.8 Å². The maximum atomic E-state index is 12.8. The number of nitrogens with one attached hydrogen (secondary N) is 1.